The second-order valence-electron chi connectivity index (χ2n) is 8.92. The first-order valence-corrected chi connectivity index (χ1v) is 11.9. The summed E-state index contributed by atoms with van der Waals surface area (Å²) < 4.78 is 13.4. The van der Waals surface area contributed by atoms with Crippen LogP contribution in [0.4, 0.5) is 5.82 Å². The Labute approximate surface area is 188 Å². The molecule has 3 saturated heterocycles. The van der Waals surface area contributed by atoms with Crippen LogP contribution in [0.15, 0.2) is 12.1 Å². The lowest BCUT2D eigenvalue weighted by molar-refractivity contribution is -0.169. The molecule has 3 aliphatic rings. The van der Waals surface area contributed by atoms with Crippen LogP contribution in [0.25, 0.3) is 5.65 Å². The lowest BCUT2D eigenvalue weighted by Gasteiger charge is -2.38. The number of hydrogen-bond donors (Lipinski definition) is 1. The molecule has 2 aromatic rings. The second kappa shape index (κ2) is 9.68. The zero-order valence-electron chi connectivity index (χ0n) is 18.7. The van der Waals surface area contributed by atoms with Crippen LogP contribution >= 0.6 is 0 Å². The normalized spacial score (nSPS) is 21.1. The van der Waals surface area contributed by atoms with E-state index in [9.17, 15) is 4.79 Å². The molecule has 0 aliphatic carbocycles. The van der Waals surface area contributed by atoms with Crippen LogP contribution in [-0.4, -0.2) is 88.9 Å². The van der Waals surface area contributed by atoms with E-state index >= 15 is 0 Å². The fraction of sp³-hybridized carbons (Fsp3) is 0.727. The van der Waals surface area contributed by atoms with Gasteiger partial charge in [0.1, 0.15) is 5.82 Å². The average molecular weight is 444 g/mol. The first kappa shape index (κ1) is 21.5. The number of nitrogens with zero attached hydrogens (tertiary/aromatic N) is 6. The van der Waals surface area contributed by atoms with Gasteiger partial charge in [0.2, 0.25) is 5.91 Å². The molecule has 2 aromatic heterocycles. The summed E-state index contributed by atoms with van der Waals surface area (Å²) in [6.07, 6.45) is 6.17. The van der Waals surface area contributed by atoms with Gasteiger partial charge in [-0.1, -0.05) is 0 Å². The zero-order chi connectivity index (χ0) is 21.8. The first-order chi connectivity index (χ1) is 15.7. The summed E-state index contributed by atoms with van der Waals surface area (Å²) in [5.41, 5.74) is 0.700. The van der Waals surface area contributed by atoms with E-state index in [1.165, 1.54) is 25.9 Å². The van der Waals surface area contributed by atoms with Crippen LogP contribution in [0.1, 0.15) is 44.3 Å². The van der Waals surface area contributed by atoms with Crippen LogP contribution in [-0.2, 0) is 20.7 Å². The summed E-state index contributed by atoms with van der Waals surface area (Å²) in [5.74, 6) is 1.25. The van der Waals surface area contributed by atoms with Crippen LogP contribution in [0.5, 0.6) is 0 Å². The number of piperidine rings is 1. The van der Waals surface area contributed by atoms with E-state index in [0.717, 1.165) is 51.3 Å². The van der Waals surface area contributed by atoms with Crippen LogP contribution in [0.2, 0.25) is 0 Å². The Morgan fingerprint density at radius 3 is 2.62 bits per heavy atom. The number of likely N-dealkylation sites (tertiary alicyclic amines) is 1. The predicted octanol–water partition coefficient (Wildman–Crippen LogP) is 1.00. The topological polar surface area (TPSA) is 97.1 Å². The molecule has 0 atom stereocenters. The van der Waals surface area contributed by atoms with Crippen molar-refractivity contribution in [1.82, 2.24) is 30.0 Å². The molecule has 0 saturated carbocycles. The number of aryl methyl sites for hydroxylation is 1. The van der Waals surface area contributed by atoms with Gasteiger partial charge in [-0.15, -0.1) is 15.3 Å². The van der Waals surface area contributed by atoms with Crippen molar-refractivity contribution < 1.29 is 14.3 Å². The number of rotatable bonds is 8. The van der Waals surface area contributed by atoms with Crippen molar-refractivity contribution in [3.05, 3.63) is 18.0 Å². The van der Waals surface area contributed by atoms with Gasteiger partial charge in [0.25, 0.3) is 0 Å². The third kappa shape index (κ3) is 4.87. The Bertz CT molecular complexity index is 911. The van der Waals surface area contributed by atoms with Gasteiger partial charge in [0, 0.05) is 45.3 Å². The van der Waals surface area contributed by atoms with Crippen LogP contribution in [0, 0.1) is 0 Å². The molecule has 10 heteroatoms. The standard InChI is InChI=1S/C22H33N7O3/c30-21(23-10-3-13-27-11-1-2-12-27)7-6-19-25-24-18-4-5-20(26-29(18)19)28-14-8-22(9-15-28)31-16-17-32-22/h4-5H,1-3,6-17H2,(H,23,30). The lowest BCUT2D eigenvalue weighted by Crippen LogP contribution is -2.45. The summed E-state index contributed by atoms with van der Waals surface area (Å²) in [6.45, 7) is 7.21. The smallest absolute Gasteiger partial charge is 0.220 e. The Morgan fingerprint density at radius 2 is 1.84 bits per heavy atom. The summed E-state index contributed by atoms with van der Waals surface area (Å²) in [4.78, 5) is 17.0. The van der Waals surface area contributed by atoms with Gasteiger partial charge in [-0.3, -0.25) is 4.79 Å². The Morgan fingerprint density at radius 1 is 1.06 bits per heavy atom. The van der Waals surface area contributed by atoms with Crippen molar-refractivity contribution in [3.8, 4) is 0 Å². The molecule has 0 radical (unpaired) electrons. The minimum absolute atomic E-state index is 0.0530. The minimum Gasteiger partial charge on any atom is -0.356 e. The SMILES string of the molecule is O=C(CCc1nnc2ccc(N3CCC4(CC3)OCCO4)nn12)NCCCN1CCCC1. The molecule has 5 rings (SSSR count). The summed E-state index contributed by atoms with van der Waals surface area (Å²) in [5, 5.41) is 16.3. The summed E-state index contributed by atoms with van der Waals surface area (Å²) in [6, 6.07) is 3.92. The van der Waals surface area contributed by atoms with Gasteiger partial charge >= 0.3 is 0 Å². The van der Waals surface area contributed by atoms with Crippen molar-refractivity contribution in [3.63, 3.8) is 0 Å². The Kier molecular flexibility index (Phi) is 6.52. The summed E-state index contributed by atoms with van der Waals surface area (Å²) in [7, 11) is 0. The van der Waals surface area contributed by atoms with Gasteiger partial charge in [0.05, 0.1) is 13.2 Å². The number of anilines is 1. The monoisotopic (exact) mass is 443 g/mol. The molecular formula is C22H33N7O3. The number of ether oxygens (including phenoxy) is 2. The predicted molar refractivity (Wildman–Crippen MR) is 118 cm³/mol. The van der Waals surface area contributed by atoms with E-state index in [1.807, 2.05) is 12.1 Å². The van der Waals surface area contributed by atoms with Crippen LogP contribution in [0.3, 0.4) is 0 Å². The molecule has 1 N–H and O–H groups in total. The highest BCUT2D eigenvalue weighted by Gasteiger charge is 2.40. The highest BCUT2D eigenvalue weighted by molar-refractivity contribution is 5.76. The average Bonchev–Trinajstić information content (AvgIpc) is 3.57. The second-order valence-corrected chi connectivity index (χ2v) is 8.92. The molecule has 1 spiro atoms. The van der Waals surface area contributed by atoms with Crippen molar-refractivity contribution in [2.75, 3.05) is 57.4 Å². The highest BCUT2D eigenvalue weighted by atomic mass is 16.7. The highest BCUT2D eigenvalue weighted by Crippen LogP contribution is 2.32. The molecule has 0 aromatic carbocycles. The van der Waals surface area contributed by atoms with Gasteiger partial charge < -0.3 is 24.6 Å². The molecule has 0 unspecified atom stereocenters. The zero-order valence-corrected chi connectivity index (χ0v) is 18.7. The Hall–Kier alpha value is -2.30. The number of fused-ring (bicyclic) bond motifs is 1. The lowest BCUT2D eigenvalue weighted by atomic mass is 10.0. The molecular weight excluding hydrogens is 410 g/mol. The molecule has 3 fully saturated rings. The fourth-order valence-corrected chi connectivity index (χ4v) is 4.86. The summed E-state index contributed by atoms with van der Waals surface area (Å²) >= 11 is 0. The number of amides is 1. The van der Waals surface area contributed by atoms with Crippen molar-refractivity contribution in [1.29, 1.82) is 0 Å². The molecule has 5 heterocycles. The molecule has 10 nitrogen and oxygen atoms in total. The number of nitrogens with one attached hydrogen (secondary N) is 1. The maximum absolute atomic E-state index is 12.3. The van der Waals surface area contributed by atoms with Crippen molar-refractivity contribution in [2.45, 2.75) is 50.7 Å². The maximum Gasteiger partial charge on any atom is 0.220 e. The quantitative estimate of drug-likeness (QED) is 0.604. The molecule has 32 heavy (non-hydrogen) atoms. The Balaban J connectivity index is 1.12. The third-order valence-electron chi connectivity index (χ3n) is 6.72. The van der Waals surface area contributed by atoms with E-state index in [0.29, 0.717) is 37.5 Å². The number of carbonyl (C=O) groups is 1. The van der Waals surface area contributed by atoms with Gasteiger partial charge in [0.15, 0.2) is 17.3 Å². The molecule has 3 aliphatic heterocycles. The van der Waals surface area contributed by atoms with E-state index in [4.69, 9.17) is 14.6 Å². The minimum atomic E-state index is -0.399. The molecule has 0 bridgehead atoms. The largest absolute Gasteiger partial charge is 0.356 e. The first-order valence-electron chi connectivity index (χ1n) is 11.9. The third-order valence-corrected chi connectivity index (χ3v) is 6.72. The van der Waals surface area contributed by atoms with Crippen molar-refractivity contribution in [2.24, 2.45) is 0 Å². The van der Waals surface area contributed by atoms with Crippen molar-refractivity contribution >= 4 is 17.4 Å². The van der Waals surface area contributed by atoms with E-state index in [1.54, 1.807) is 4.52 Å². The molecule has 1 amide bonds. The molecule has 174 valence electrons. The van der Waals surface area contributed by atoms with E-state index in [-0.39, 0.29) is 5.91 Å². The van der Waals surface area contributed by atoms with Gasteiger partial charge in [-0.25, -0.2) is 0 Å². The van der Waals surface area contributed by atoms with E-state index in [2.05, 4.69) is 25.3 Å². The number of carbonyl (C=O) groups excluding carboxylic acids is 1. The van der Waals surface area contributed by atoms with E-state index < -0.39 is 5.79 Å². The number of aromatic nitrogens is 4. The number of hydrogen-bond acceptors (Lipinski definition) is 8. The van der Waals surface area contributed by atoms with Crippen LogP contribution < -0.4 is 10.2 Å². The van der Waals surface area contributed by atoms with Gasteiger partial charge in [-0.2, -0.15) is 4.52 Å². The maximum atomic E-state index is 12.3. The van der Waals surface area contributed by atoms with Gasteiger partial charge in [-0.05, 0) is 51.0 Å². The fourth-order valence-electron chi connectivity index (χ4n) is 4.86.